The van der Waals surface area contributed by atoms with Crippen LogP contribution in [0.1, 0.15) is 6.42 Å². The minimum atomic E-state index is -0.148. The molecule has 26 heavy (non-hydrogen) atoms. The summed E-state index contributed by atoms with van der Waals surface area (Å²) in [6, 6.07) is 17.8. The molecule has 2 amide bonds. The molecule has 3 nitrogen and oxygen atoms in total. The van der Waals surface area contributed by atoms with Crippen LogP contribution in [0.2, 0.25) is 0 Å². The number of rotatable bonds is 2. The zero-order valence-corrected chi connectivity index (χ0v) is 14.3. The minimum absolute atomic E-state index is 0.00748. The predicted molar refractivity (Wildman–Crippen MR) is 99.1 cm³/mol. The highest BCUT2D eigenvalue weighted by molar-refractivity contribution is 6.24. The average molecular weight is 341 g/mol. The highest BCUT2D eigenvalue weighted by Crippen LogP contribution is 2.65. The molecule has 0 N–H and O–H groups in total. The van der Waals surface area contributed by atoms with Crippen molar-refractivity contribution in [2.75, 3.05) is 4.90 Å². The maximum atomic E-state index is 13.4. The summed E-state index contributed by atoms with van der Waals surface area (Å²) >= 11 is 0. The first-order valence-corrected chi connectivity index (χ1v) is 9.46. The van der Waals surface area contributed by atoms with Crippen molar-refractivity contribution in [2.45, 2.75) is 6.42 Å². The van der Waals surface area contributed by atoms with Gasteiger partial charge in [-0.2, -0.15) is 0 Å². The summed E-state index contributed by atoms with van der Waals surface area (Å²) in [6.45, 7) is 0. The zero-order chi connectivity index (χ0) is 17.4. The van der Waals surface area contributed by atoms with Crippen molar-refractivity contribution < 1.29 is 9.59 Å². The van der Waals surface area contributed by atoms with E-state index in [-0.39, 0.29) is 35.5 Å². The van der Waals surface area contributed by atoms with E-state index in [9.17, 15) is 9.59 Å². The van der Waals surface area contributed by atoms with Crippen LogP contribution in [-0.4, -0.2) is 11.8 Å². The summed E-state index contributed by atoms with van der Waals surface area (Å²) in [6.07, 6.45) is 5.63. The normalized spacial score (nSPS) is 36.2. The Labute approximate surface area is 152 Å². The van der Waals surface area contributed by atoms with Gasteiger partial charge in [0, 0.05) is 5.56 Å². The Hall–Kier alpha value is -2.68. The molecule has 0 radical (unpaired) electrons. The van der Waals surface area contributed by atoms with Crippen molar-refractivity contribution in [1.29, 1.82) is 0 Å². The highest BCUT2D eigenvalue weighted by Gasteiger charge is 2.67. The standard InChI is InChI=1S/C23H19NO2/c25-22-20-15-10-11-16(18-12-17(15)18)21(20)23(26)24(22)19-9-5-4-8-14(19)13-6-2-1-3-7-13/h1-11,15-18,20-21H,12H2/t15-,16-,17-,18+,20+,21-/m1/s1. The molecule has 1 saturated heterocycles. The topological polar surface area (TPSA) is 37.4 Å². The molecule has 128 valence electrons. The molecule has 4 aliphatic carbocycles. The van der Waals surface area contributed by atoms with Crippen molar-refractivity contribution in [2.24, 2.45) is 35.5 Å². The van der Waals surface area contributed by atoms with Crippen molar-refractivity contribution in [1.82, 2.24) is 0 Å². The fourth-order valence-electron chi connectivity index (χ4n) is 5.72. The highest BCUT2D eigenvalue weighted by atomic mass is 16.2. The molecule has 1 aliphatic heterocycles. The van der Waals surface area contributed by atoms with Crippen molar-refractivity contribution in [3.8, 4) is 11.1 Å². The van der Waals surface area contributed by atoms with E-state index in [2.05, 4.69) is 12.2 Å². The van der Waals surface area contributed by atoms with Gasteiger partial charge in [0.25, 0.3) is 0 Å². The summed E-state index contributed by atoms with van der Waals surface area (Å²) in [5, 5.41) is 0. The third-order valence-electron chi connectivity index (χ3n) is 6.89. The molecule has 2 bridgehead atoms. The van der Waals surface area contributed by atoms with Crippen molar-refractivity contribution in [3.63, 3.8) is 0 Å². The van der Waals surface area contributed by atoms with Crippen LogP contribution in [0.5, 0.6) is 0 Å². The number of allylic oxidation sites excluding steroid dienone is 2. The molecule has 3 fully saturated rings. The molecule has 0 aromatic heterocycles. The largest absolute Gasteiger partial charge is 0.274 e. The summed E-state index contributed by atoms with van der Waals surface area (Å²) in [4.78, 5) is 28.2. The lowest BCUT2D eigenvalue weighted by Gasteiger charge is -2.37. The molecule has 7 rings (SSSR count). The van der Waals surface area contributed by atoms with Crippen LogP contribution in [0.4, 0.5) is 5.69 Å². The quantitative estimate of drug-likeness (QED) is 0.613. The smallest absolute Gasteiger partial charge is 0.238 e. The Morgan fingerprint density at radius 3 is 1.96 bits per heavy atom. The molecule has 0 unspecified atom stereocenters. The van der Waals surface area contributed by atoms with Crippen molar-refractivity contribution >= 4 is 17.5 Å². The number of hydrogen-bond donors (Lipinski definition) is 0. The van der Waals surface area contributed by atoms with Crippen molar-refractivity contribution in [3.05, 3.63) is 66.7 Å². The Morgan fingerprint density at radius 1 is 0.731 bits per heavy atom. The van der Waals surface area contributed by atoms with Gasteiger partial charge in [0.15, 0.2) is 0 Å². The molecule has 2 aromatic rings. The SMILES string of the molecule is O=C1[C@@H]2[C@@H]3C=C[C@H]([C@H]4C[C@@H]34)[C@@H]2C(=O)N1c1ccccc1-c1ccccc1. The van der Waals surface area contributed by atoms with E-state index in [0.29, 0.717) is 11.8 Å². The van der Waals surface area contributed by atoms with Gasteiger partial charge in [0.1, 0.15) is 0 Å². The van der Waals surface area contributed by atoms with E-state index >= 15 is 0 Å². The molecule has 5 aliphatic rings. The van der Waals surface area contributed by atoms with Crippen LogP contribution in [0.15, 0.2) is 66.7 Å². The number of imide groups is 1. The first-order valence-electron chi connectivity index (χ1n) is 9.46. The van der Waals surface area contributed by atoms with Crippen LogP contribution in [0, 0.1) is 35.5 Å². The van der Waals surface area contributed by atoms with E-state index in [0.717, 1.165) is 16.8 Å². The third-order valence-corrected chi connectivity index (χ3v) is 6.89. The summed E-state index contributed by atoms with van der Waals surface area (Å²) in [7, 11) is 0. The Kier molecular flexibility index (Phi) is 2.75. The first kappa shape index (κ1) is 14.5. The number of anilines is 1. The molecule has 1 heterocycles. The van der Waals surface area contributed by atoms with Crippen LogP contribution in [0.3, 0.4) is 0 Å². The monoisotopic (exact) mass is 341 g/mol. The summed E-state index contributed by atoms with van der Waals surface area (Å²) in [5.74, 6) is 1.51. The number of carbonyl (C=O) groups excluding carboxylic acids is 2. The lowest BCUT2D eigenvalue weighted by Crippen LogP contribution is -2.40. The maximum Gasteiger partial charge on any atom is 0.238 e. The maximum absolute atomic E-state index is 13.4. The fraction of sp³-hybridized carbons (Fsp3) is 0.304. The number of hydrogen-bond acceptors (Lipinski definition) is 2. The molecular weight excluding hydrogens is 322 g/mol. The van der Waals surface area contributed by atoms with Gasteiger partial charge in [0.05, 0.1) is 17.5 Å². The summed E-state index contributed by atoms with van der Waals surface area (Å²) in [5.41, 5.74) is 2.71. The van der Waals surface area contributed by atoms with E-state index in [1.165, 1.54) is 11.3 Å². The molecule has 0 spiro atoms. The zero-order valence-electron chi connectivity index (χ0n) is 14.3. The second-order valence-corrected chi connectivity index (χ2v) is 8.05. The van der Waals surface area contributed by atoms with Crippen LogP contribution >= 0.6 is 0 Å². The second kappa shape index (κ2) is 4.94. The number of para-hydroxylation sites is 1. The lowest BCUT2D eigenvalue weighted by atomic mass is 9.63. The Bertz CT molecular complexity index is 927. The van der Waals surface area contributed by atoms with Gasteiger partial charge in [-0.15, -0.1) is 0 Å². The molecule has 3 heteroatoms. The average Bonchev–Trinajstić information content (AvgIpc) is 3.47. The van der Waals surface area contributed by atoms with Gasteiger partial charge in [-0.05, 0) is 41.7 Å². The fourth-order valence-corrected chi connectivity index (χ4v) is 5.72. The molecule has 6 atom stereocenters. The number of amides is 2. The van der Waals surface area contributed by atoms with Gasteiger partial charge in [-0.1, -0.05) is 60.7 Å². The second-order valence-electron chi connectivity index (χ2n) is 8.05. The van der Waals surface area contributed by atoms with Crippen LogP contribution in [0.25, 0.3) is 11.1 Å². The van der Waals surface area contributed by atoms with Gasteiger partial charge in [-0.3, -0.25) is 9.59 Å². The van der Waals surface area contributed by atoms with E-state index in [1.54, 1.807) is 0 Å². The number of carbonyl (C=O) groups is 2. The molecule has 2 saturated carbocycles. The van der Waals surface area contributed by atoms with E-state index < -0.39 is 0 Å². The predicted octanol–water partition coefficient (Wildman–Crippen LogP) is 3.91. The first-order chi connectivity index (χ1) is 12.8. The molecule has 2 aromatic carbocycles. The molecular formula is C23H19NO2. The summed E-state index contributed by atoms with van der Waals surface area (Å²) < 4.78 is 0. The van der Waals surface area contributed by atoms with E-state index in [4.69, 9.17) is 0 Å². The van der Waals surface area contributed by atoms with Crippen LogP contribution < -0.4 is 4.90 Å². The number of benzene rings is 2. The Morgan fingerprint density at radius 2 is 1.31 bits per heavy atom. The van der Waals surface area contributed by atoms with E-state index in [1.807, 2.05) is 54.6 Å². The van der Waals surface area contributed by atoms with Gasteiger partial charge in [0.2, 0.25) is 11.8 Å². The Balaban J connectivity index is 1.47. The third kappa shape index (κ3) is 1.73. The van der Waals surface area contributed by atoms with Crippen LogP contribution in [-0.2, 0) is 9.59 Å². The van der Waals surface area contributed by atoms with Gasteiger partial charge >= 0.3 is 0 Å². The minimum Gasteiger partial charge on any atom is -0.274 e. The number of nitrogens with zero attached hydrogens (tertiary/aromatic N) is 1. The van der Waals surface area contributed by atoms with Gasteiger partial charge in [-0.25, -0.2) is 4.90 Å². The van der Waals surface area contributed by atoms with Gasteiger partial charge < -0.3 is 0 Å². The lowest BCUT2D eigenvalue weighted by molar-refractivity contribution is -0.124.